The van der Waals surface area contributed by atoms with Gasteiger partial charge in [0.25, 0.3) is 5.91 Å². The fourth-order valence-electron chi connectivity index (χ4n) is 2.58. The Morgan fingerprint density at radius 3 is 2.67 bits per heavy atom. The summed E-state index contributed by atoms with van der Waals surface area (Å²) in [6.45, 7) is 0.419. The third-order valence-electron chi connectivity index (χ3n) is 3.94. The van der Waals surface area contributed by atoms with Gasteiger partial charge >= 0.3 is 0 Å². The lowest BCUT2D eigenvalue weighted by Gasteiger charge is -2.07. The van der Waals surface area contributed by atoms with E-state index in [4.69, 9.17) is 10.00 Å². The Morgan fingerprint density at radius 1 is 1.26 bits per heavy atom. The summed E-state index contributed by atoms with van der Waals surface area (Å²) < 4.78 is 7.60. The van der Waals surface area contributed by atoms with Crippen LogP contribution in [0.3, 0.4) is 0 Å². The average Bonchev–Trinajstić information content (AvgIpc) is 3.12. The highest BCUT2D eigenvalue weighted by Gasteiger charge is 2.19. The molecule has 3 aromatic rings. The van der Waals surface area contributed by atoms with Gasteiger partial charge in [-0.15, -0.1) is 0 Å². The van der Waals surface area contributed by atoms with Gasteiger partial charge in [0.15, 0.2) is 0 Å². The van der Waals surface area contributed by atoms with Crippen molar-refractivity contribution in [1.29, 1.82) is 5.26 Å². The SMILES string of the molecule is COc1ccc(-c2nn(CCC#N)cc2C(=O)Nc2ccccc2Br)cc1. The minimum Gasteiger partial charge on any atom is -0.497 e. The van der Waals surface area contributed by atoms with Crippen molar-refractivity contribution in [2.75, 3.05) is 12.4 Å². The molecule has 0 aliphatic heterocycles. The van der Waals surface area contributed by atoms with Crippen molar-refractivity contribution in [2.24, 2.45) is 0 Å². The van der Waals surface area contributed by atoms with Gasteiger partial charge in [-0.05, 0) is 52.3 Å². The van der Waals surface area contributed by atoms with Crippen molar-refractivity contribution in [1.82, 2.24) is 9.78 Å². The molecular formula is C20H17BrN4O2. The lowest BCUT2D eigenvalue weighted by Crippen LogP contribution is -2.12. The number of halogens is 1. The van der Waals surface area contributed by atoms with E-state index in [-0.39, 0.29) is 5.91 Å². The molecule has 0 fully saturated rings. The summed E-state index contributed by atoms with van der Waals surface area (Å²) in [5.41, 5.74) is 2.46. The summed E-state index contributed by atoms with van der Waals surface area (Å²) in [5.74, 6) is 0.456. The third-order valence-corrected chi connectivity index (χ3v) is 4.64. The number of hydrogen-bond acceptors (Lipinski definition) is 4. The van der Waals surface area contributed by atoms with Crippen molar-refractivity contribution >= 4 is 27.5 Å². The summed E-state index contributed by atoms with van der Waals surface area (Å²) >= 11 is 3.43. The number of aromatic nitrogens is 2. The van der Waals surface area contributed by atoms with Crippen molar-refractivity contribution in [3.8, 4) is 23.1 Å². The number of para-hydroxylation sites is 1. The Bertz CT molecular complexity index is 990. The second kappa shape index (κ2) is 8.52. The number of amides is 1. The van der Waals surface area contributed by atoms with Crippen LogP contribution in [0.15, 0.2) is 59.2 Å². The van der Waals surface area contributed by atoms with Crippen LogP contribution in [0.4, 0.5) is 5.69 Å². The molecule has 6 nitrogen and oxygen atoms in total. The average molecular weight is 425 g/mol. The summed E-state index contributed by atoms with van der Waals surface area (Å²) in [4.78, 5) is 12.9. The molecule has 1 aromatic heterocycles. The van der Waals surface area contributed by atoms with Gasteiger partial charge in [0, 0.05) is 16.2 Å². The molecular weight excluding hydrogens is 408 g/mol. The van der Waals surface area contributed by atoms with Gasteiger partial charge in [0.05, 0.1) is 37.4 Å². The summed E-state index contributed by atoms with van der Waals surface area (Å²) in [5, 5.41) is 16.2. The van der Waals surface area contributed by atoms with Crippen molar-refractivity contribution in [3.05, 3.63) is 64.8 Å². The molecule has 1 N–H and O–H groups in total. The summed E-state index contributed by atoms with van der Waals surface area (Å²) in [6.07, 6.45) is 1.98. The first-order valence-electron chi connectivity index (χ1n) is 8.27. The van der Waals surface area contributed by atoms with Crippen LogP contribution in [0.25, 0.3) is 11.3 Å². The topological polar surface area (TPSA) is 79.9 Å². The fourth-order valence-corrected chi connectivity index (χ4v) is 2.96. The first kappa shape index (κ1) is 18.7. The molecule has 1 heterocycles. The molecule has 0 saturated carbocycles. The van der Waals surface area contributed by atoms with Gasteiger partial charge in [-0.3, -0.25) is 9.48 Å². The summed E-state index contributed by atoms with van der Waals surface area (Å²) in [6, 6.07) is 16.8. The minimum absolute atomic E-state index is 0.268. The maximum Gasteiger partial charge on any atom is 0.259 e. The molecule has 0 radical (unpaired) electrons. The van der Waals surface area contributed by atoms with Crippen molar-refractivity contribution in [3.63, 3.8) is 0 Å². The molecule has 136 valence electrons. The molecule has 0 aliphatic rings. The molecule has 2 aromatic carbocycles. The third kappa shape index (κ3) is 4.36. The Balaban J connectivity index is 1.96. The number of carbonyl (C=O) groups is 1. The highest BCUT2D eigenvalue weighted by atomic mass is 79.9. The zero-order valence-corrected chi connectivity index (χ0v) is 16.2. The molecule has 1 amide bonds. The molecule has 7 heteroatoms. The highest BCUT2D eigenvalue weighted by Crippen LogP contribution is 2.27. The second-order valence-corrected chi connectivity index (χ2v) is 6.58. The Labute approximate surface area is 165 Å². The first-order valence-corrected chi connectivity index (χ1v) is 9.06. The van der Waals surface area contributed by atoms with E-state index in [1.807, 2.05) is 48.5 Å². The van der Waals surface area contributed by atoms with Crippen LogP contribution in [0.1, 0.15) is 16.8 Å². The molecule has 3 rings (SSSR count). The van der Waals surface area contributed by atoms with Gasteiger partial charge in [-0.2, -0.15) is 10.4 Å². The zero-order chi connectivity index (χ0) is 19.2. The maximum absolute atomic E-state index is 12.9. The maximum atomic E-state index is 12.9. The van der Waals surface area contributed by atoms with Crippen LogP contribution in [0.2, 0.25) is 0 Å². The number of ether oxygens (including phenoxy) is 1. The van der Waals surface area contributed by atoms with Crippen LogP contribution >= 0.6 is 15.9 Å². The van der Waals surface area contributed by atoms with Gasteiger partial charge in [0.2, 0.25) is 0 Å². The number of carbonyl (C=O) groups excluding carboxylic acids is 1. The molecule has 0 aliphatic carbocycles. The molecule has 0 unspecified atom stereocenters. The first-order chi connectivity index (χ1) is 13.1. The van der Waals surface area contributed by atoms with Crippen LogP contribution in [0, 0.1) is 11.3 Å². The second-order valence-electron chi connectivity index (χ2n) is 5.73. The van der Waals surface area contributed by atoms with Gasteiger partial charge in [-0.25, -0.2) is 0 Å². The molecule has 27 heavy (non-hydrogen) atoms. The van der Waals surface area contributed by atoms with E-state index in [0.29, 0.717) is 29.9 Å². The molecule has 0 saturated heterocycles. The quantitative estimate of drug-likeness (QED) is 0.631. The smallest absolute Gasteiger partial charge is 0.259 e. The van der Waals surface area contributed by atoms with Crippen molar-refractivity contribution < 1.29 is 9.53 Å². The number of hydrogen-bond donors (Lipinski definition) is 1. The van der Waals surface area contributed by atoms with Gasteiger partial charge < -0.3 is 10.1 Å². The van der Waals surface area contributed by atoms with E-state index in [1.54, 1.807) is 18.0 Å². The Kier molecular flexibility index (Phi) is 5.89. The van der Waals surface area contributed by atoms with E-state index < -0.39 is 0 Å². The number of rotatable bonds is 6. The van der Waals surface area contributed by atoms with E-state index in [2.05, 4.69) is 32.4 Å². The lowest BCUT2D eigenvalue weighted by atomic mass is 10.1. The van der Waals surface area contributed by atoms with Crippen molar-refractivity contribution in [2.45, 2.75) is 13.0 Å². The number of nitriles is 1. The minimum atomic E-state index is -0.268. The standard InChI is InChI=1S/C20H17BrN4O2/c1-27-15-9-7-14(8-10-15)19-16(13-25(24-19)12-4-11-22)20(26)23-18-6-3-2-5-17(18)21/h2-3,5-10,13H,4,12H2,1H3,(H,23,26). The zero-order valence-electron chi connectivity index (χ0n) is 14.6. The van der Waals surface area contributed by atoms with Crippen LogP contribution < -0.4 is 10.1 Å². The predicted molar refractivity (Wildman–Crippen MR) is 107 cm³/mol. The lowest BCUT2D eigenvalue weighted by molar-refractivity contribution is 0.102. The van der Waals surface area contributed by atoms with Crippen LogP contribution in [-0.4, -0.2) is 22.8 Å². The van der Waals surface area contributed by atoms with E-state index in [1.165, 1.54) is 0 Å². The number of nitrogens with zero attached hydrogens (tertiary/aromatic N) is 3. The number of nitrogens with one attached hydrogen (secondary N) is 1. The van der Waals surface area contributed by atoms with Crippen LogP contribution in [0.5, 0.6) is 5.75 Å². The fraction of sp³-hybridized carbons (Fsp3) is 0.150. The number of anilines is 1. The van der Waals surface area contributed by atoms with E-state index in [0.717, 1.165) is 15.8 Å². The molecule has 0 atom stereocenters. The number of benzene rings is 2. The number of aryl methyl sites for hydroxylation is 1. The molecule has 0 spiro atoms. The molecule has 0 bridgehead atoms. The van der Waals surface area contributed by atoms with E-state index in [9.17, 15) is 4.79 Å². The largest absolute Gasteiger partial charge is 0.497 e. The predicted octanol–water partition coefficient (Wildman–Crippen LogP) is 4.49. The van der Waals surface area contributed by atoms with Crippen LogP contribution in [-0.2, 0) is 6.54 Å². The van der Waals surface area contributed by atoms with Gasteiger partial charge in [0.1, 0.15) is 11.4 Å². The van der Waals surface area contributed by atoms with E-state index >= 15 is 0 Å². The Morgan fingerprint density at radius 2 is 2.00 bits per heavy atom. The summed E-state index contributed by atoms with van der Waals surface area (Å²) in [7, 11) is 1.60. The highest BCUT2D eigenvalue weighted by molar-refractivity contribution is 9.10. The van der Waals surface area contributed by atoms with Gasteiger partial charge in [-0.1, -0.05) is 12.1 Å². The monoisotopic (exact) mass is 424 g/mol. The number of methoxy groups -OCH3 is 1. The Hall–Kier alpha value is -3.11. The normalized spacial score (nSPS) is 10.3.